The lowest BCUT2D eigenvalue weighted by Crippen LogP contribution is -2.12. The van der Waals surface area contributed by atoms with Gasteiger partial charge in [0.15, 0.2) is 0 Å². The minimum atomic E-state index is -0.511. The Hall–Kier alpha value is -2.44. The molecule has 0 atom stereocenters. The SMILES string of the molecule is CCCCCCCOC(=O)CCC(=O)OCCc1ccccc1[N+](=O)[O-]. The fraction of sp³-hybridized carbons (Fsp3) is 0.579. The number of carbonyl (C=O) groups is 2. The molecule has 0 aromatic heterocycles. The molecule has 0 N–H and O–H groups in total. The summed E-state index contributed by atoms with van der Waals surface area (Å²) in [5.41, 5.74) is 0.513. The first kappa shape index (κ1) is 21.6. The summed E-state index contributed by atoms with van der Waals surface area (Å²) in [6.07, 6.45) is 5.56. The fourth-order valence-corrected chi connectivity index (χ4v) is 2.42. The van der Waals surface area contributed by atoms with Gasteiger partial charge < -0.3 is 9.47 Å². The molecule has 0 bridgehead atoms. The lowest BCUT2D eigenvalue weighted by molar-refractivity contribution is -0.385. The Morgan fingerprint density at radius 2 is 1.58 bits per heavy atom. The van der Waals surface area contributed by atoms with Gasteiger partial charge in [-0.1, -0.05) is 50.8 Å². The number of rotatable bonds is 13. The van der Waals surface area contributed by atoms with Crippen LogP contribution >= 0.6 is 0 Å². The summed E-state index contributed by atoms with van der Waals surface area (Å²) >= 11 is 0. The van der Waals surface area contributed by atoms with Crippen molar-refractivity contribution in [1.82, 2.24) is 0 Å². The third-order valence-corrected chi connectivity index (χ3v) is 3.87. The second-order valence-corrected chi connectivity index (χ2v) is 5.99. The van der Waals surface area contributed by atoms with Crippen LogP contribution in [0.2, 0.25) is 0 Å². The maximum Gasteiger partial charge on any atom is 0.306 e. The zero-order chi connectivity index (χ0) is 19.2. The average Bonchev–Trinajstić information content (AvgIpc) is 2.63. The fourth-order valence-electron chi connectivity index (χ4n) is 2.42. The van der Waals surface area contributed by atoms with Gasteiger partial charge in [-0.25, -0.2) is 0 Å². The second kappa shape index (κ2) is 12.9. The molecule has 0 saturated carbocycles. The summed E-state index contributed by atoms with van der Waals surface area (Å²) in [5, 5.41) is 10.9. The lowest BCUT2D eigenvalue weighted by Gasteiger charge is -2.06. The van der Waals surface area contributed by atoms with Crippen molar-refractivity contribution >= 4 is 17.6 Å². The Kier molecular flexibility index (Phi) is 10.7. The van der Waals surface area contributed by atoms with Crippen molar-refractivity contribution < 1.29 is 24.0 Å². The highest BCUT2D eigenvalue weighted by Crippen LogP contribution is 2.18. The maximum atomic E-state index is 11.6. The Bertz CT molecular complexity index is 587. The number of carbonyl (C=O) groups excluding carboxylic acids is 2. The summed E-state index contributed by atoms with van der Waals surface area (Å²) in [5.74, 6) is -0.917. The van der Waals surface area contributed by atoms with Crippen LogP contribution in [0.15, 0.2) is 24.3 Å². The maximum absolute atomic E-state index is 11.6. The van der Waals surface area contributed by atoms with Crippen molar-refractivity contribution in [2.45, 2.75) is 58.3 Å². The predicted molar refractivity (Wildman–Crippen MR) is 96.7 cm³/mol. The van der Waals surface area contributed by atoms with E-state index in [9.17, 15) is 19.7 Å². The van der Waals surface area contributed by atoms with E-state index in [1.165, 1.54) is 18.9 Å². The molecular weight excluding hydrogens is 338 g/mol. The number of esters is 2. The molecular formula is C19H27NO6. The molecule has 1 aromatic carbocycles. The molecule has 0 aliphatic heterocycles. The number of hydrogen-bond donors (Lipinski definition) is 0. The van der Waals surface area contributed by atoms with E-state index in [-0.39, 0.29) is 31.6 Å². The van der Waals surface area contributed by atoms with E-state index in [1.54, 1.807) is 18.2 Å². The molecule has 0 unspecified atom stereocenters. The van der Waals surface area contributed by atoms with Crippen LogP contribution in [0.25, 0.3) is 0 Å². The predicted octanol–water partition coefficient (Wildman–Crippen LogP) is 3.97. The molecule has 0 radical (unpaired) electrons. The van der Waals surface area contributed by atoms with Crippen molar-refractivity contribution in [1.29, 1.82) is 0 Å². The van der Waals surface area contributed by atoms with Gasteiger partial charge in [-0.2, -0.15) is 0 Å². The summed E-state index contributed by atoms with van der Waals surface area (Å²) in [7, 11) is 0. The Morgan fingerprint density at radius 1 is 0.962 bits per heavy atom. The molecule has 0 heterocycles. The van der Waals surface area contributed by atoms with Gasteiger partial charge in [0.05, 0.1) is 31.0 Å². The van der Waals surface area contributed by atoms with Crippen molar-refractivity contribution in [3.05, 3.63) is 39.9 Å². The largest absolute Gasteiger partial charge is 0.466 e. The molecule has 0 amide bonds. The Labute approximate surface area is 153 Å². The summed E-state index contributed by atoms with van der Waals surface area (Å²) in [4.78, 5) is 33.6. The lowest BCUT2D eigenvalue weighted by atomic mass is 10.1. The third-order valence-electron chi connectivity index (χ3n) is 3.87. The molecule has 7 heteroatoms. The van der Waals surface area contributed by atoms with Crippen LogP contribution in [0.3, 0.4) is 0 Å². The number of hydrogen-bond acceptors (Lipinski definition) is 6. The Balaban J connectivity index is 2.15. The smallest absolute Gasteiger partial charge is 0.306 e. The zero-order valence-corrected chi connectivity index (χ0v) is 15.3. The monoisotopic (exact) mass is 365 g/mol. The van der Waals surface area contributed by atoms with Gasteiger partial charge in [0.1, 0.15) is 0 Å². The van der Waals surface area contributed by atoms with Crippen molar-refractivity contribution in [3.8, 4) is 0 Å². The Morgan fingerprint density at radius 3 is 2.23 bits per heavy atom. The van der Waals surface area contributed by atoms with Crippen LogP contribution in [0.1, 0.15) is 57.4 Å². The van der Waals surface area contributed by atoms with E-state index < -0.39 is 16.9 Å². The number of para-hydroxylation sites is 1. The van der Waals surface area contributed by atoms with E-state index in [2.05, 4.69) is 6.92 Å². The van der Waals surface area contributed by atoms with Crippen LogP contribution < -0.4 is 0 Å². The van der Waals surface area contributed by atoms with Gasteiger partial charge in [-0.3, -0.25) is 19.7 Å². The molecule has 0 aliphatic carbocycles. The molecule has 26 heavy (non-hydrogen) atoms. The van der Waals surface area contributed by atoms with Crippen LogP contribution in [-0.2, 0) is 25.5 Å². The number of unbranched alkanes of at least 4 members (excludes halogenated alkanes) is 4. The van der Waals surface area contributed by atoms with E-state index in [0.29, 0.717) is 12.2 Å². The molecule has 1 rings (SSSR count). The standard InChI is InChI=1S/C19H27NO6/c1-2-3-4-5-8-14-25-18(21)11-12-19(22)26-15-13-16-9-6-7-10-17(16)20(23)24/h6-7,9-10H,2-5,8,11-15H2,1H3. The normalized spacial score (nSPS) is 10.3. The molecule has 0 fully saturated rings. The zero-order valence-electron chi connectivity index (χ0n) is 15.3. The summed E-state index contributed by atoms with van der Waals surface area (Å²) in [6.45, 7) is 2.56. The van der Waals surface area contributed by atoms with E-state index in [1.807, 2.05) is 0 Å². The molecule has 7 nitrogen and oxygen atoms in total. The van der Waals surface area contributed by atoms with E-state index in [4.69, 9.17) is 9.47 Å². The minimum Gasteiger partial charge on any atom is -0.466 e. The van der Waals surface area contributed by atoms with Crippen molar-refractivity contribution in [3.63, 3.8) is 0 Å². The van der Waals surface area contributed by atoms with Gasteiger partial charge in [0.2, 0.25) is 0 Å². The summed E-state index contributed by atoms with van der Waals surface area (Å²) < 4.78 is 10.1. The number of nitro groups is 1. The summed E-state index contributed by atoms with van der Waals surface area (Å²) in [6, 6.07) is 6.32. The highest BCUT2D eigenvalue weighted by Gasteiger charge is 2.13. The van der Waals surface area contributed by atoms with Gasteiger partial charge in [-0.05, 0) is 6.42 Å². The highest BCUT2D eigenvalue weighted by atomic mass is 16.6. The molecule has 0 saturated heterocycles. The topological polar surface area (TPSA) is 95.7 Å². The first-order valence-electron chi connectivity index (χ1n) is 9.08. The first-order valence-corrected chi connectivity index (χ1v) is 9.08. The van der Waals surface area contributed by atoms with Crippen LogP contribution in [0.5, 0.6) is 0 Å². The van der Waals surface area contributed by atoms with Gasteiger partial charge in [-0.15, -0.1) is 0 Å². The van der Waals surface area contributed by atoms with E-state index >= 15 is 0 Å². The highest BCUT2D eigenvalue weighted by molar-refractivity contribution is 5.77. The molecule has 0 spiro atoms. The van der Waals surface area contributed by atoms with Crippen LogP contribution in [0, 0.1) is 10.1 Å². The minimum absolute atomic E-state index is 0.00561. The van der Waals surface area contributed by atoms with Crippen LogP contribution in [0.4, 0.5) is 5.69 Å². The average molecular weight is 365 g/mol. The first-order chi connectivity index (χ1) is 12.5. The quantitative estimate of drug-likeness (QED) is 0.227. The number of benzene rings is 1. The van der Waals surface area contributed by atoms with Gasteiger partial charge >= 0.3 is 11.9 Å². The van der Waals surface area contributed by atoms with Crippen LogP contribution in [-0.4, -0.2) is 30.1 Å². The third kappa shape index (κ3) is 9.15. The van der Waals surface area contributed by atoms with E-state index in [0.717, 1.165) is 19.3 Å². The van der Waals surface area contributed by atoms with Crippen molar-refractivity contribution in [2.75, 3.05) is 13.2 Å². The molecule has 0 aliphatic rings. The number of nitro benzene ring substituents is 1. The van der Waals surface area contributed by atoms with Crippen molar-refractivity contribution in [2.24, 2.45) is 0 Å². The molecule has 144 valence electrons. The van der Waals surface area contributed by atoms with Gasteiger partial charge in [0, 0.05) is 18.1 Å². The second-order valence-electron chi connectivity index (χ2n) is 5.99. The number of ether oxygens (including phenoxy) is 2. The number of nitrogens with zero attached hydrogens (tertiary/aromatic N) is 1. The van der Waals surface area contributed by atoms with Gasteiger partial charge in [0.25, 0.3) is 5.69 Å². The molecule has 1 aromatic rings.